The number of benzene rings is 2. The smallest absolute Gasteiger partial charge is 0.251 e. The highest BCUT2D eigenvalue weighted by Crippen LogP contribution is 2.68. The first-order valence-electron chi connectivity index (χ1n) is 15.0. The SMILES string of the molecule is C=CCN(C(=O)C1N([C@@H](CO)CC(C)C)C(=O)[C@@H]2[C@@H](C(=O)N(CC=C)c3ccccc3)[C@@H]3SC12CC3Br)c1ccc(Cl)cc1. The molecule has 10 heteroatoms. The van der Waals surface area contributed by atoms with E-state index < -0.39 is 28.7 Å². The molecule has 0 saturated carbocycles. The van der Waals surface area contributed by atoms with Crippen molar-refractivity contribution >= 4 is 68.4 Å². The van der Waals surface area contributed by atoms with Crippen molar-refractivity contribution in [3.05, 3.63) is 84.9 Å². The third-order valence-corrected chi connectivity index (χ3v) is 12.4. The second kappa shape index (κ2) is 13.4. The molecule has 0 aromatic heterocycles. The molecule has 3 saturated heterocycles. The van der Waals surface area contributed by atoms with Crippen molar-refractivity contribution in [3.8, 4) is 0 Å². The fourth-order valence-corrected chi connectivity index (χ4v) is 11.0. The first-order chi connectivity index (χ1) is 21.1. The number of halogens is 2. The number of rotatable bonds is 12. The van der Waals surface area contributed by atoms with Gasteiger partial charge in [-0.2, -0.15) is 0 Å². The van der Waals surface area contributed by atoms with E-state index in [1.54, 1.807) is 62.9 Å². The molecule has 44 heavy (non-hydrogen) atoms. The van der Waals surface area contributed by atoms with Crippen molar-refractivity contribution in [2.75, 3.05) is 29.5 Å². The molecular weight excluding hydrogens is 662 g/mol. The van der Waals surface area contributed by atoms with Gasteiger partial charge in [-0.05, 0) is 55.2 Å². The van der Waals surface area contributed by atoms with Crippen LogP contribution in [-0.4, -0.2) is 74.3 Å². The van der Waals surface area contributed by atoms with Gasteiger partial charge in [0.2, 0.25) is 11.8 Å². The zero-order valence-electron chi connectivity index (χ0n) is 25.0. The molecule has 0 aliphatic carbocycles. The van der Waals surface area contributed by atoms with Crippen LogP contribution in [0.15, 0.2) is 79.9 Å². The third-order valence-electron chi connectivity index (χ3n) is 8.96. The number of hydrogen-bond donors (Lipinski definition) is 1. The third kappa shape index (κ3) is 5.65. The Morgan fingerprint density at radius 1 is 1.07 bits per heavy atom. The van der Waals surface area contributed by atoms with E-state index in [9.17, 15) is 19.5 Å². The van der Waals surface area contributed by atoms with Gasteiger partial charge in [-0.15, -0.1) is 24.9 Å². The Morgan fingerprint density at radius 3 is 2.23 bits per heavy atom. The van der Waals surface area contributed by atoms with Gasteiger partial charge in [0.05, 0.1) is 29.2 Å². The highest BCUT2D eigenvalue weighted by atomic mass is 79.9. The highest BCUT2D eigenvalue weighted by molar-refractivity contribution is 9.09. The summed E-state index contributed by atoms with van der Waals surface area (Å²) in [6, 6.07) is 15.0. The Bertz CT molecular complexity index is 1410. The van der Waals surface area contributed by atoms with Crippen LogP contribution in [0.1, 0.15) is 26.7 Å². The van der Waals surface area contributed by atoms with Gasteiger partial charge in [-0.3, -0.25) is 14.4 Å². The number of nitrogens with zero attached hydrogens (tertiary/aromatic N) is 3. The fourth-order valence-electron chi connectivity index (χ4n) is 7.30. The molecule has 234 valence electrons. The van der Waals surface area contributed by atoms with Gasteiger partial charge in [0.1, 0.15) is 6.04 Å². The molecule has 1 spiro atoms. The van der Waals surface area contributed by atoms with Crippen molar-refractivity contribution < 1.29 is 19.5 Å². The maximum absolute atomic E-state index is 14.9. The summed E-state index contributed by atoms with van der Waals surface area (Å²) in [7, 11) is 0. The Labute approximate surface area is 277 Å². The number of thioether (sulfide) groups is 1. The second-order valence-electron chi connectivity index (χ2n) is 12.2. The van der Waals surface area contributed by atoms with Gasteiger partial charge in [0, 0.05) is 39.6 Å². The minimum atomic E-state index is -0.885. The predicted molar refractivity (Wildman–Crippen MR) is 182 cm³/mol. The van der Waals surface area contributed by atoms with Crippen LogP contribution < -0.4 is 9.80 Å². The summed E-state index contributed by atoms with van der Waals surface area (Å²) < 4.78 is -0.861. The molecule has 3 fully saturated rings. The largest absolute Gasteiger partial charge is 0.394 e. The summed E-state index contributed by atoms with van der Waals surface area (Å²) in [4.78, 5) is 49.1. The molecule has 0 radical (unpaired) electrons. The number of anilines is 2. The predicted octanol–water partition coefficient (Wildman–Crippen LogP) is 5.95. The van der Waals surface area contributed by atoms with Gasteiger partial charge >= 0.3 is 0 Å². The molecule has 2 bridgehead atoms. The van der Waals surface area contributed by atoms with Crippen molar-refractivity contribution in [2.24, 2.45) is 17.8 Å². The van der Waals surface area contributed by atoms with Gasteiger partial charge in [0.15, 0.2) is 0 Å². The second-order valence-corrected chi connectivity index (χ2v) is 15.3. The monoisotopic (exact) mass is 699 g/mol. The summed E-state index contributed by atoms with van der Waals surface area (Å²) in [5, 5.41) is 11.0. The van der Waals surface area contributed by atoms with E-state index >= 15 is 0 Å². The average molecular weight is 701 g/mol. The summed E-state index contributed by atoms with van der Waals surface area (Å²) in [6.45, 7) is 12.1. The standard InChI is InChI=1S/C34H39BrClN3O4S/c1-5-16-37(23-10-8-7-9-11-23)31(41)27-28-32(42)39(25(20-40)18-21(3)4)30(34(28)19-26(35)29(27)44-34)33(43)38(17-6-2)24-14-12-22(36)13-15-24/h5-15,21,25-30,40H,1-2,16-20H2,3-4H3/t25-,26?,27-,28+,29-,30?,34?/m1/s1. The van der Waals surface area contributed by atoms with E-state index in [1.807, 2.05) is 44.2 Å². The van der Waals surface area contributed by atoms with E-state index in [0.717, 1.165) is 5.69 Å². The summed E-state index contributed by atoms with van der Waals surface area (Å²) >= 11 is 11.6. The summed E-state index contributed by atoms with van der Waals surface area (Å²) in [6.07, 6.45) is 4.41. The molecule has 7 nitrogen and oxygen atoms in total. The fraction of sp³-hybridized carbons (Fsp3) is 0.441. The van der Waals surface area contributed by atoms with Gasteiger partial charge in [-0.1, -0.05) is 71.7 Å². The lowest BCUT2D eigenvalue weighted by Crippen LogP contribution is -2.58. The molecule has 2 aromatic rings. The van der Waals surface area contributed by atoms with Crippen molar-refractivity contribution in [1.82, 2.24) is 4.90 Å². The molecular formula is C34H39BrClN3O4S. The van der Waals surface area contributed by atoms with Gasteiger partial charge in [0.25, 0.3) is 5.91 Å². The highest BCUT2D eigenvalue weighted by Gasteiger charge is 2.76. The zero-order valence-corrected chi connectivity index (χ0v) is 28.2. The number of carbonyl (C=O) groups excluding carboxylic acids is 3. The number of alkyl halides is 1. The number of carbonyl (C=O) groups is 3. The number of hydrogen-bond acceptors (Lipinski definition) is 5. The molecule has 1 N–H and O–H groups in total. The Morgan fingerprint density at radius 2 is 1.66 bits per heavy atom. The van der Waals surface area contributed by atoms with E-state index in [4.69, 9.17) is 11.6 Å². The van der Waals surface area contributed by atoms with Gasteiger partial charge in [-0.25, -0.2) is 0 Å². The van der Waals surface area contributed by atoms with Crippen LogP contribution >= 0.6 is 39.3 Å². The number of likely N-dealkylation sites (tertiary alicyclic amines) is 1. The number of aliphatic hydroxyl groups is 1. The maximum atomic E-state index is 14.9. The molecule has 2 aromatic carbocycles. The maximum Gasteiger partial charge on any atom is 0.251 e. The van der Waals surface area contributed by atoms with Crippen LogP contribution in [0.5, 0.6) is 0 Å². The topological polar surface area (TPSA) is 81.2 Å². The lowest BCUT2D eigenvalue weighted by Gasteiger charge is -2.40. The molecule has 3 aliphatic rings. The normalized spacial score (nSPS) is 27.7. The van der Waals surface area contributed by atoms with Crippen LogP contribution in [0, 0.1) is 17.8 Å². The lowest BCUT2D eigenvalue weighted by molar-refractivity contribution is -0.142. The summed E-state index contributed by atoms with van der Waals surface area (Å²) in [5.74, 6) is -1.86. The van der Waals surface area contributed by atoms with Crippen LogP contribution in [0.3, 0.4) is 0 Å². The van der Waals surface area contributed by atoms with E-state index in [1.165, 1.54) is 0 Å². The van der Waals surface area contributed by atoms with E-state index in [2.05, 4.69) is 29.1 Å². The Kier molecular flexibility index (Phi) is 10.00. The molecule has 5 rings (SSSR count). The Balaban J connectivity index is 1.63. The molecule has 3 heterocycles. The number of amides is 3. The minimum absolute atomic E-state index is 0.0804. The summed E-state index contributed by atoms with van der Waals surface area (Å²) in [5.41, 5.74) is 1.37. The zero-order chi connectivity index (χ0) is 31.8. The number of aliphatic hydroxyl groups excluding tert-OH is 1. The van der Waals surface area contributed by atoms with Crippen LogP contribution in [0.2, 0.25) is 5.02 Å². The first-order valence-corrected chi connectivity index (χ1v) is 17.2. The average Bonchev–Trinajstić information content (AvgIpc) is 3.61. The first kappa shape index (κ1) is 32.8. The van der Waals surface area contributed by atoms with Crippen LogP contribution in [-0.2, 0) is 14.4 Å². The van der Waals surface area contributed by atoms with E-state index in [-0.39, 0.29) is 46.9 Å². The minimum Gasteiger partial charge on any atom is -0.394 e. The van der Waals surface area contributed by atoms with Crippen molar-refractivity contribution in [2.45, 2.75) is 53.6 Å². The van der Waals surface area contributed by atoms with Crippen LogP contribution in [0.25, 0.3) is 0 Å². The van der Waals surface area contributed by atoms with Crippen molar-refractivity contribution in [3.63, 3.8) is 0 Å². The molecule has 3 amide bonds. The molecule has 7 atom stereocenters. The van der Waals surface area contributed by atoms with Crippen molar-refractivity contribution in [1.29, 1.82) is 0 Å². The molecule has 3 aliphatic heterocycles. The van der Waals surface area contributed by atoms with Crippen LogP contribution in [0.4, 0.5) is 11.4 Å². The number of fused-ring (bicyclic) bond motifs is 1. The van der Waals surface area contributed by atoms with Gasteiger partial charge < -0.3 is 19.8 Å². The lowest BCUT2D eigenvalue weighted by atomic mass is 9.70. The number of para-hydroxylation sites is 1. The Hall–Kier alpha value is -2.59. The quantitative estimate of drug-likeness (QED) is 0.219. The van der Waals surface area contributed by atoms with E-state index in [0.29, 0.717) is 30.1 Å². The molecule has 3 unspecified atom stereocenters.